The van der Waals surface area contributed by atoms with Crippen molar-refractivity contribution in [1.82, 2.24) is 10.3 Å². The van der Waals surface area contributed by atoms with Gasteiger partial charge in [-0.1, -0.05) is 18.2 Å². The van der Waals surface area contributed by atoms with E-state index >= 15 is 0 Å². The number of rotatable bonds is 3. The van der Waals surface area contributed by atoms with E-state index in [1.807, 2.05) is 47.8 Å². The molecule has 2 heterocycles. The van der Waals surface area contributed by atoms with E-state index in [9.17, 15) is 4.79 Å². The topological polar surface area (TPSA) is 42.0 Å². The van der Waals surface area contributed by atoms with Crippen LogP contribution in [0.25, 0.3) is 10.9 Å². The number of hydrogen-bond acceptors (Lipinski definition) is 3. The lowest BCUT2D eigenvalue weighted by Crippen LogP contribution is -2.22. The first-order valence-corrected chi connectivity index (χ1v) is 6.87. The summed E-state index contributed by atoms with van der Waals surface area (Å²) in [4.78, 5) is 17.6. The molecule has 0 spiro atoms. The minimum absolute atomic E-state index is 0.0630. The lowest BCUT2D eigenvalue weighted by Gasteiger charge is -2.06. The summed E-state index contributed by atoms with van der Waals surface area (Å²) in [6.07, 6.45) is 1.73. The first-order chi connectivity index (χ1) is 9.34. The van der Waals surface area contributed by atoms with Crippen molar-refractivity contribution >= 4 is 28.1 Å². The van der Waals surface area contributed by atoms with E-state index in [0.717, 1.165) is 15.8 Å². The Bertz CT molecular complexity index is 702. The first-order valence-electron chi connectivity index (χ1n) is 5.99. The zero-order valence-electron chi connectivity index (χ0n) is 10.2. The lowest BCUT2D eigenvalue weighted by molar-refractivity contribution is 0.0953. The van der Waals surface area contributed by atoms with Gasteiger partial charge < -0.3 is 5.32 Å². The number of carbonyl (C=O) groups excluding carboxylic acids is 1. The van der Waals surface area contributed by atoms with Crippen LogP contribution in [0.1, 0.15) is 15.2 Å². The molecular weight excluding hydrogens is 256 g/mol. The van der Waals surface area contributed by atoms with E-state index in [2.05, 4.69) is 10.3 Å². The van der Waals surface area contributed by atoms with Crippen molar-refractivity contribution in [2.24, 2.45) is 0 Å². The van der Waals surface area contributed by atoms with Crippen LogP contribution in [-0.2, 0) is 6.54 Å². The first kappa shape index (κ1) is 11.9. The van der Waals surface area contributed by atoms with Crippen molar-refractivity contribution < 1.29 is 4.79 Å². The number of fused-ring (bicyclic) bond motifs is 1. The Balaban J connectivity index is 1.85. The predicted molar refractivity (Wildman–Crippen MR) is 77.2 cm³/mol. The number of pyridine rings is 1. The van der Waals surface area contributed by atoms with Crippen molar-refractivity contribution in [2.75, 3.05) is 0 Å². The fraction of sp³-hybridized carbons (Fsp3) is 0.0667. The number of amides is 1. The number of nitrogens with zero attached hydrogens (tertiary/aromatic N) is 1. The Hall–Kier alpha value is -2.20. The zero-order chi connectivity index (χ0) is 13.1. The maximum absolute atomic E-state index is 12.2. The van der Waals surface area contributed by atoms with Crippen LogP contribution in [0.5, 0.6) is 0 Å². The van der Waals surface area contributed by atoms with Gasteiger partial charge in [0.1, 0.15) is 0 Å². The number of aromatic nitrogens is 1. The van der Waals surface area contributed by atoms with Gasteiger partial charge in [-0.3, -0.25) is 9.78 Å². The minimum atomic E-state index is -0.0630. The number of benzene rings is 1. The molecule has 0 aliphatic carbocycles. The van der Waals surface area contributed by atoms with Crippen LogP contribution in [0.4, 0.5) is 0 Å². The van der Waals surface area contributed by atoms with Crippen LogP contribution in [0.15, 0.2) is 54.0 Å². The second-order valence-corrected chi connectivity index (χ2v) is 5.17. The van der Waals surface area contributed by atoms with Crippen LogP contribution in [0.2, 0.25) is 0 Å². The molecule has 3 rings (SSSR count). The standard InChI is InChI=1S/C15H12N2OS/c18-15(17-10-11-4-3-9-19-11)13-5-1-7-14-12(13)6-2-8-16-14/h1-9H,10H2,(H,17,18). The summed E-state index contributed by atoms with van der Waals surface area (Å²) in [7, 11) is 0. The smallest absolute Gasteiger partial charge is 0.252 e. The molecule has 0 aliphatic rings. The van der Waals surface area contributed by atoms with E-state index in [-0.39, 0.29) is 5.91 Å². The second kappa shape index (κ2) is 5.20. The second-order valence-electron chi connectivity index (χ2n) is 4.14. The molecule has 2 aromatic heterocycles. The Kier molecular flexibility index (Phi) is 3.25. The van der Waals surface area contributed by atoms with E-state index in [1.165, 1.54) is 0 Å². The van der Waals surface area contributed by atoms with Crippen molar-refractivity contribution in [3.63, 3.8) is 0 Å². The molecule has 0 bridgehead atoms. The van der Waals surface area contributed by atoms with Gasteiger partial charge in [0, 0.05) is 22.0 Å². The summed E-state index contributed by atoms with van der Waals surface area (Å²) in [6, 6.07) is 13.3. The SMILES string of the molecule is O=C(NCc1cccs1)c1cccc2ncccc12. The van der Waals surface area contributed by atoms with Crippen LogP contribution < -0.4 is 5.32 Å². The quantitative estimate of drug-likeness (QED) is 0.792. The van der Waals surface area contributed by atoms with Gasteiger partial charge in [0.15, 0.2) is 0 Å². The normalized spacial score (nSPS) is 10.5. The maximum atomic E-state index is 12.2. The van der Waals surface area contributed by atoms with Gasteiger partial charge in [0.05, 0.1) is 12.1 Å². The van der Waals surface area contributed by atoms with Gasteiger partial charge in [-0.2, -0.15) is 0 Å². The Morgan fingerprint density at radius 3 is 2.95 bits per heavy atom. The van der Waals surface area contributed by atoms with Crippen LogP contribution in [0, 0.1) is 0 Å². The van der Waals surface area contributed by atoms with Crippen molar-refractivity contribution in [3.8, 4) is 0 Å². The molecule has 0 aliphatic heterocycles. The van der Waals surface area contributed by atoms with Gasteiger partial charge in [-0.15, -0.1) is 11.3 Å². The molecule has 0 atom stereocenters. The van der Waals surface area contributed by atoms with Gasteiger partial charge in [0.25, 0.3) is 5.91 Å². The average Bonchev–Trinajstić information content (AvgIpc) is 2.97. The Morgan fingerprint density at radius 2 is 2.11 bits per heavy atom. The molecule has 3 nitrogen and oxygen atoms in total. The highest BCUT2D eigenvalue weighted by atomic mass is 32.1. The average molecular weight is 268 g/mol. The molecule has 0 unspecified atom stereocenters. The van der Waals surface area contributed by atoms with Gasteiger partial charge in [0.2, 0.25) is 0 Å². The highest BCUT2D eigenvalue weighted by Crippen LogP contribution is 2.16. The summed E-state index contributed by atoms with van der Waals surface area (Å²) < 4.78 is 0. The monoisotopic (exact) mass is 268 g/mol. The van der Waals surface area contributed by atoms with Crippen LogP contribution in [0.3, 0.4) is 0 Å². The molecule has 1 N–H and O–H groups in total. The van der Waals surface area contributed by atoms with Crippen molar-refractivity contribution in [3.05, 3.63) is 64.5 Å². The molecule has 4 heteroatoms. The van der Waals surface area contributed by atoms with Gasteiger partial charge in [-0.25, -0.2) is 0 Å². The molecule has 1 amide bonds. The molecule has 94 valence electrons. The summed E-state index contributed by atoms with van der Waals surface area (Å²) >= 11 is 1.64. The molecule has 0 saturated carbocycles. The molecule has 0 saturated heterocycles. The summed E-state index contributed by atoms with van der Waals surface area (Å²) in [6.45, 7) is 0.563. The van der Waals surface area contributed by atoms with Gasteiger partial charge in [-0.05, 0) is 29.6 Å². The van der Waals surface area contributed by atoms with E-state index in [0.29, 0.717) is 12.1 Å². The van der Waals surface area contributed by atoms with Crippen LogP contribution >= 0.6 is 11.3 Å². The van der Waals surface area contributed by atoms with E-state index in [4.69, 9.17) is 0 Å². The number of thiophene rings is 1. The zero-order valence-corrected chi connectivity index (χ0v) is 11.0. The summed E-state index contributed by atoms with van der Waals surface area (Å²) in [5, 5.41) is 5.82. The molecule has 0 radical (unpaired) electrons. The van der Waals surface area contributed by atoms with Crippen molar-refractivity contribution in [2.45, 2.75) is 6.54 Å². The van der Waals surface area contributed by atoms with Crippen LogP contribution in [-0.4, -0.2) is 10.9 Å². The van der Waals surface area contributed by atoms with E-state index < -0.39 is 0 Å². The third kappa shape index (κ3) is 2.48. The van der Waals surface area contributed by atoms with E-state index in [1.54, 1.807) is 17.5 Å². The number of nitrogens with one attached hydrogen (secondary N) is 1. The fourth-order valence-corrected chi connectivity index (χ4v) is 2.62. The lowest BCUT2D eigenvalue weighted by atomic mass is 10.1. The minimum Gasteiger partial charge on any atom is -0.347 e. The predicted octanol–water partition coefficient (Wildman–Crippen LogP) is 3.23. The van der Waals surface area contributed by atoms with Gasteiger partial charge >= 0.3 is 0 Å². The highest BCUT2D eigenvalue weighted by Gasteiger charge is 2.09. The summed E-state index contributed by atoms with van der Waals surface area (Å²) in [5.74, 6) is -0.0630. The molecular formula is C15H12N2OS. The molecule has 19 heavy (non-hydrogen) atoms. The number of hydrogen-bond donors (Lipinski definition) is 1. The maximum Gasteiger partial charge on any atom is 0.252 e. The third-order valence-corrected chi connectivity index (χ3v) is 3.77. The Morgan fingerprint density at radius 1 is 1.16 bits per heavy atom. The summed E-state index contributed by atoms with van der Waals surface area (Å²) in [5.41, 5.74) is 1.51. The molecule has 3 aromatic rings. The Labute approximate surface area is 114 Å². The van der Waals surface area contributed by atoms with Crippen molar-refractivity contribution in [1.29, 1.82) is 0 Å². The fourth-order valence-electron chi connectivity index (χ4n) is 1.98. The molecule has 0 fully saturated rings. The number of carbonyl (C=O) groups is 1. The third-order valence-electron chi connectivity index (χ3n) is 2.89. The molecule has 1 aromatic carbocycles. The largest absolute Gasteiger partial charge is 0.347 e. The highest BCUT2D eigenvalue weighted by molar-refractivity contribution is 7.09.